The molecule has 0 radical (unpaired) electrons. The van der Waals surface area contributed by atoms with Crippen molar-refractivity contribution in [3.8, 4) is 0 Å². The van der Waals surface area contributed by atoms with Crippen molar-refractivity contribution >= 4 is 10.0 Å². The molecule has 1 saturated carbocycles. The molecule has 1 fully saturated rings. The van der Waals surface area contributed by atoms with Crippen LogP contribution < -0.4 is 10.5 Å². The van der Waals surface area contributed by atoms with Gasteiger partial charge in [0.15, 0.2) is 0 Å². The highest BCUT2D eigenvalue weighted by Gasteiger charge is 2.34. The highest BCUT2D eigenvalue weighted by atomic mass is 32.2. The lowest BCUT2D eigenvalue weighted by Crippen LogP contribution is -2.55. The van der Waals surface area contributed by atoms with E-state index < -0.39 is 15.3 Å². The van der Waals surface area contributed by atoms with Crippen molar-refractivity contribution in [1.82, 2.24) is 4.72 Å². The van der Waals surface area contributed by atoms with Crippen LogP contribution in [0.4, 0.5) is 0 Å². The molecule has 1 aliphatic rings. The Kier molecular flexibility index (Phi) is 4.11. The van der Waals surface area contributed by atoms with E-state index in [0.717, 1.165) is 19.3 Å². The van der Waals surface area contributed by atoms with Gasteiger partial charge in [-0.1, -0.05) is 0 Å². The Balaban J connectivity index is 2.42. The molecule has 90 valence electrons. The SMILES string of the molecule is COCC(C)S(=O)(=O)NCC1(N)CCC1. The van der Waals surface area contributed by atoms with E-state index in [9.17, 15) is 8.42 Å². The number of nitrogens with one attached hydrogen (secondary N) is 1. The molecule has 0 aromatic carbocycles. The Hall–Kier alpha value is -0.170. The van der Waals surface area contributed by atoms with E-state index in [1.807, 2.05) is 0 Å². The van der Waals surface area contributed by atoms with Gasteiger partial charge < -0.3 is 10.5 Å². The molecule has 1 unspecified atom stereocenters. The van der Waals surface area contributed by atoms with Crippen molar-refractivity contribution < 1.29 is 13.2 Å². The monoisotopic (exact) mass is 236 g/mol. The Bertz CT molecular complexity index is 298. The molecule has 0 saturated heterocycles. The molecule has 0 aromatic heterocycles. The molecule has 5 nitrogen and oxygen atoms in total. The average Bonchev–Trinajstić information content (AvgIpc) is 2.12. The highest BCUT2D eigenvalue weighted by molar-refractivity contribution is 7.90. The molecule has 6 heteroatoms. The van der Waals surface area contributed by atoms with Gasteiger partial charge in [-0.05, 0) is 26.2 Å². The predicted molar refractivity (Wildman–Crippen MR) is 59.0 cm³/mol. The fraction of sp³-hybridized carbons (Fsp3) is 1.00. The van der Waals surface area contributed by atoms with E-state index >= 15 is 0 Å². The van der Waals surface area contributed by atoms with Crippen LogP contribution in [0.2, 0.25) is 0 Å². The summed E-state index contributed by atoms with van der Waals surface area (Å²) in [5.41, 5.74) is 5.61. The summed E-state index contributed by atoms with van der Waals surface area (Å²) >= 11 is 0. The summed E-state index contributed by atoms with van der Waals surface area (Å²) in [5, 5.41) is -0.536. The van der Waals surface area contributed by atoms with Crippen LogP contribution in [-0.4, -0.2) is 39.5 Å². The van der Waals surface area contributed by atoms with Gasteiger partial charge in [0.2, 0.25) is 10.0 Å². The molecule has 1 aliphatic carbocycles. The van der Waals surface area contributed by atoms with Crippen molar-refractivity contribution in [2.75, 3.05) is 20.3 Å². The molecule has 1 rings (SSSR count). The van der Waals surface area contributed by atoms with Gasteiger partial charge in [0.05, 0.1) is 11.9 Å². The Morgan fingerprint density at radius 2 is 2.13 bits per heavy atom. The molecule has 0 aliphatic heterocycles. The lowest BCUT2D eigenvalue weighted by Gasteiger charge is -2.38. The van der Waals surface area contributed by atoms with E-state index in [-0.39, 0.29) is 12.1 Å². The summed E-state index contributed by atoms with van der Waals surface area (Å²) in [4.78, 5) is 0. The van der Waals surface area contributed by atoms with Gasteiger partial charge in [0.1, 0.15) is 0 Å². The first kappa shape index (κ1) is 12.9. The lowest BCUT2D eigenvalue weighted by atomic mass is 9.78. The first-order valence-electron chi connectivity index (χ1n) is 5.16. The zero-order chi connectivity index (χ0) is 11.5. The Morgan fingerprint density at radius 3 is 2.53 bits per heavy atom. The number of rotatable bonds is 6. The molecule has 0 spiro atoms. The molecule has 0 aromatic rings. The molecule has 1 atom stereocenters. The quantitative estimate of drug-likeness (QED) is 0.670. The van der Waals surface area contributed by atoms with Gasteiger partial charge in [0, 0.05) is 19.2 Å². The van der Waals surface area contributed by atoms with E-state index in [1.54, 1.807) is 6.92 Å². The minimum absolute atomic E-state index is 0.201. The van der Waals surface area contributed by atoms with Gasteiger partial charge in [-0.3, -0.25) is 0 Å². The van der Waals surface area contributed by atoms with Gasteiger partial charge >= 0.3 is 0 Å². The van der Waals surface area contributed by atoms with E-state index in [0.29, 0.717) is 6.54 Å². The minimum Gasteiger partial charge on any atom is -0.383 e. The summed E-state index contributed by atoms with van der Waals surface area (Å²) in [5.74, 6) is 0. The van der Waals surface area contributed by atoms with Crippen molar-refractivity contribution in [3.63, 3.8) is 0 Å². The predicted octanol–water partition coefficient (Wildman–Crippen LogP) is -0.178. The topological polar surface area (TPSA) is 81.4 Å². The molecule has 0 bridgehead atoms. The second-order valence-electron chi connectivity index (χ2n) is 4.35. The van der Waals surface area contributed by atoms with E-state index in [2.05, 4.69) is 4.72 Å². The Labute approximate surface area is 91.4 Å². The number of ether oxygens (including phenoxy) is 1. The number of sulfonamides is 1. The maximum Gasteiger partial charge on any atom is 0.216 e. The molecule has 3 N–H and O–H groups in total. The highest BCUT2D eigenvalue weighted by Crippen LogP contribution is 2.28. The Morgan fingerprint density at radius 1 is 1.53 bits per heavy atom. The fourth-order valence-electron chi connectivity index (χ4n) is 1.52. The van der Waals surface area contributed by atoms with Crippen LogP contribution >= 0.6 is 0 Å². The fourth-order valence-corrected chi connectivity index (χ4v) is 2.61. The first-order valence-corrected chi connectivity index (χ1v) is 6.70. The normalized spacial score (nSPS) is 22.1. The van der Waals surface area contributed by atoms with Crippen LogP contribution in [0, 0.1) is 0 Å². The van der Waals surface area contributed by atoms with Gasteiger partial charge in [-0.15, -0.1) is 0 Å². The third-order valence-corrected chi connectivity index (χ3v) is 4.65. The second-order valence-corrected chi connectivity index (χ2v) is 6.53. The van der Waals surface area contributed by atoms with E-state index in [4.69, 9.17) is 10.5 Å². The van der Waals surface area contributed by atoms with Crippen molar-refractivity contribution in [3.05, 3.63) is 0 Å². The summed E-state index contributed by atoms with van der Waals surface area (Å²) < 4.78 is 30.7. The van der Waals surface area contributed by atoms with E-state index in [1.165, 1.54) is 7.11 Å². The number of nitrogens with two attached hydrogens (primary N) is 1. The van der Waals surface area contributed by atoms with Gasteiger partial charge in [0.25, 0.3) is 0 Å². The van der Waals surface area contributed by atoms with Crippen LogP contribution in [0.3, 0.4) is 0 Å². The van der Waals surface area contributed by atoms with Crippen molar-refractivity contribution in [2.24, 2.45) is 5.73 Å². The molecule has 0 amide bonds. The van der Waals surface area contributed by atoms with Crippen LogP contribution in [0.15, 0.2) is 0 Å². The van der Waals surface area contributed by atoms with Crippen LogP contribution in [0.25, 0.3) is 0 Å². The molecular weight excluding hydrogens is 216 g/mol. The maximum absolute atomic E-state index is 11.7. The third kappa shape index (κ3) is 3.41. The zero-order valence-corrected chi connectivity index (χ0v) is 10.1. The van der Waals surface area contributed by atoms with Crippen LogP contribution in [-0.2, 0) is 14.8 Å². The third-order valence-electron chi connectivity index (χ3n) is 2.91. The number of hydrogen-bond donors (Lipinski definition) is 2. The van der Waals surface area contributed by atoms with Crippen molar-refractivity contribution in [2.45, 2.75) is 37.0 Å². The summed E-state index contributed by atoms with van der Waals surface area (Å²) in [6, 6.07) is 0. The van der Waals surface area contributed by atoms with Gasteiger partial charge in [-0.2, -0.15) is 0 Å². The zero-order valence-electron chi connectivity index (χ0n) is 9.32. The lowest BCUT2D eigenvalue weighted by molar-refractivity contribution is 0.199. The maximum atomic E-state index is 11.7. The summed E-state index contributed by atoms with van der Waals surface area (Å²) in [6.07, 6.45) is 2.88. The van der Waals surface area contributed by atoms with Crippen molar-refractivity contribution in [1.29, 1.82) is 0 Å². The van der Waals surface area contributed by atoms with Crippen LogP contribution in [0.5, 0.6) is 0 Å². The summed E-state index contributed by atoms with van der Waals surface area (Å²) in [7, 11) is -1.80. The number of hydrogen-bond acceptors (Lipinski definition) is 4. The molecular formula is C9H20N2O3S. The first-order chi connectivity index (χ1) is 6.90. The largest absolute Gasteiger partial charge is 0.383 e. The van der Waals surface area contributed by atoms with Gasteiger partial charge in [-0.25, -0.2) is 13.1 Å². The smallest absolute Gasteiger partial charge is 0.216 e. The molecule has 0 heterocycles. The second kappa shape index (κ2) is 4.78. The standard InChI is InChI=1S/C9H20N2O3S/c1-8(6-14-2)15(12,13)11-7-9(10)4-3-5-9/h8,11H,3-7,10H2,1-2H3. The minimum atomic E-state index is -3.29. The number of methoxy groups -OCH3 is 1. The average molecular weight is 236 g/mol. The molecule has 15 heavy (non-hydrogen) atoms. The van der Waals surface area contributed by atoms with Crippen LogP contribution in [0.1, 0.15) is 26.2 Å². The summed E-state index contributed by atoms with van der Waals surface area (Å²) in [6.45, 7) is 2.16.